The molecule has 0 N–H and O–H groups in total. The average molecular weight is 438 g/mol. The summed E-state index contributed by atoms with van der Waals surface area (Å²) in [6, 6.07) is 26.3. The van der Waals surface area contributed by atoms with Gasteiger partial charge in [0.25, 0.3) is 0 Å². The maximum absolute atomic E-state index is 12.5. The maximum atomic E-state index is 12.5. The van der Waals surface area contributed by atoms with Gasteiger partial charge in [0.15, 0.2) is 0 Å². The summed E-state index contributed by atoms with van der Waals surface area (Å²) in [5.74, 6) is 0. The molecule has 166 valence electrons. The summed E-state index contributed by atoms with van der Waals surface area (Å²) >= 11 is 3.53. The van der Waals surface area contributed by atoms with Crippen LogP contribution >= 0.6 is 12.6 Å². The molecular weight excluding hydrogens is 401 g/mol. The fraction of sp³-hybridized carbons (Fsp3) is 0.357. The molecule has 1 nitrogen and oxygen atoms in total. The standard InChI is InChI=1S/C27H32FN.CH4S/c1-3-6-22-9-15-25(16-10-22)29(26-17-11-23(7-4-2)12-18-26)27-19-13-24(14-20-27)8-5-21-28;1-2/h9-20H,3-8,21H2,1-2H3;2H,1H3. The van der Waals surface area contributed by atoms with Crippen molar-refractivity contribution in [3.8, 4) is 0 Å². The van der Waals surface area contributed by atoms with Gasteiger partial charge in [0.05, 0.1) is 6.67 Å². The molecule has 3 heteroatoms. The number of rotatable bonds is 10. The molecule has 0 saturated carbocycles. The highest BCUT2D eigenvalue weighted by molar-refractivity contribution is 7.79. The van der Waals surface area contributed by atoms with Crippen molar-refractivity contribution < 1.29 is 4.39 Å². The second-order valence-corrected chi connectivity index (χ2v) is 7.63. The molecule has 0 bridgehead atoms. The number of thiol groups is 1. The van der Waals surface area contributed by atoms with E-state index in [9.17, 15) is 4.39 Å². The summed E-state index contributed by atoms with van der Waals surface area (Å²) in [5, 5.41) is 0. The van der Waals surface area contributed by atoms with Gasteiger partial charge in [0, 0.05) is 17.1 Å². The molecule has 0 heterocycles. The second kappa shape index (κ2) is 13.9. The first-order valence-corrected chi connectivity index (χ1v) is 12.2. The summed E-state index contributed by atoms with van der Waals surface area (Å²) in [4.78, 5) is 2.30. The van der Waals surface area contributed by atoms with Crippen LogP contribution in [0.15, 0.2) is 72.8 Å². The number of anilines is 3. The molecule has 0 aliphatic rings. The average Bonchev–Trinajstić information content (AvgIpc) is 2.82. The predicted molar refractivity (Wildman–Crippen MR) is 138 cm³/mol. The molecule has 0 aliphatic carbocycles. The smallest absolute Gasteiger partial charge is 0.0897 e. The Kier molecular flexibility index (Phi) is 11.2. The summed E-state index contributed by atoms with van der Waals surface area (Å²) in [7, 11) is 0. The Bertz CT molecular complexity index is 808. The highest BCUT2D eigenvalue weighted by Crippen LogP contribution is 2.35. The molecule has 0 unspecified atom stereocenters. The monoisotopic (exact) mass is 437 g/mol. The van der Waals surface area contributed by atoms with E-state index in [2.05, 4.69) is 104 Å². The van der Waals surface area contributed by atoms with Crippen molar-refractivity contribution in [2.45, 2.75) is 52.4 Å². The van der Waals surface area contributed by atoms with Crippen LogP contribution in [0.25, 0.3) is 0 Å². The summed E-state index contributed by atoms with van der Waals surface area (Å²) < 4.78 is 12.5. The minimum Gasteiger partial charge on any atom is -0.311 e. The zero-order chi connectivity index (χ0) is 22.5. The van der Waals surface area contributed by atoms with Crippen LogP contribution in [0.1, 0.15) is 49.8 Å². The van der Waals surface area contributed by atoms with Gasteiger partial charge < -0.3 is 4.90 Å². The fourth-order valence-corrected chi connectivity index (χ4v) is 3.73. The number of hydrogen-bond donors (Lipinski definition) is 1. The third-order valence-electron chi connectivity index (χ3n) is 5.26. The lowest BCUT2D eigenvalue weighted by Gasteiger charge is -2.26. The molecule has 0 aromatic heterocycles. The number of nitrogens with zero attached hydrogens (tertiary/aromatic N) is 1. The summed E-state index contributed by atoms with van der Waals surface area (Å²) in [6.45, 7) is 4.16. The van der Waals surface area contributed by atoms with Crippen LogP contribution in [0.3, 0.4) is 0 Å². The first kappa shape index (κ1) is 25.0. The van der Waals surface area contributed by atoms with Crippen molar-refractivity contribution in [2.24, 2.45) is 0 Å². The third kappa shape index (κ3) is 7.43. The van der Waals surface area contributed by atoms with Crippen LogP contribution in [0.4, 0.5) is 21.5 Å². The van der Waals surface area contributed by atoms with E-state index < -0.39 is 0 Å². The van der Waals surface area contributed by atoms with Gasteiger partial charge in [0.1, 0.15) is 0 Å². The molecular formula is C28H36FNS. The van der Waals surface area contributed by atoms with Gasteiger partial charge in [-0.05, 0) is 85.0 Å². The number of aryl methyl sites for hydroxylation is 3. The SMILES string of the molecule is CCCc1ccc(N(c2ccc(CCC)cc2)c2ccc(CCCF)cc2)cc1.CS. The Hall–Kier alpha value is -2.26. The van der Waals surface area contributed by atoms with Gasteiger partial charge in [-0.15, -0.1) is 0 Å². The van der Waals surface area contributed by atoms with Crippen LogP contribution in [0.5, 0.6) is 0 Å². The highest BCUT2D eigenvalue weighted by Gasteiger charge is 2.12. The highest BCUT2D eigenvalue weighted by atomic mass is 32.1. The Morgan fingerprint density at radius 1 is 0.581 bits per heavy atom. The number of halogens is 1. The molecule has 0 aliphatic heterocycles. The minimum absolute atomic E-state index is 0.262. The van der Waals surface area contributed by atoms with E-state index in [0.29, 0.717) is 6.42 Å². The van der Waals surface area contributed by atoms with Crippen molar-refractivity contribution in [3.05, 3.63) is 89.5 Å². The van der Waals surface area contributed by atoms with E-state index >= 15 is 0 Å². The summed E-state index contributed by atoms with van der Waals surface area (Å²) in [5.41, 5.74) is 7.37. The minimum atomic E-state index is -0.262. The Morgan fingerprint density at radius 2 is 0.903 bits per heavy atom. The zero-order valence-electron chi connectivity index (χ0n) is 19.2. The molecule has 0 fully saturated rings. The van der Waals surface area contributed by atoms with Crippen LogP contribution in [-0.2, 0) is 19.3 Å². The van der Waals surface area contributed by atoms with Gasteiger partial charge in [0.2, 0.25) is 0 Å². The molecule has 0 radical (unpaired) electrons. The fourth-order valence-electron chi connectivity index (χ4n) is 3.73. The third-order valence-corrected chi connectivity index (χ3v) is 5.26. The van der Waals surface area contributed by atoms with E-state index in [1.807, 2.05) is 0 Å². The van der Waals surface area contributed by atoms with Crippen molar-refractivity contribution in [2.75, 3.05) is 17.8 Å². The van der Waals surface area contributed by atoms with Crippen LogP contribution < -0.4 is 4.90 Å². The maximum Gasteiger partial charge on any atom is 0.0897 e. The Balaban J connectivity index is 0.00000166. The molecule has 3 rings (SSSR count). The quantitative estimate of drug-likeness (QED) is 0.311. The van der Waals surface area contributed by atoms with Crippen molar-refractivity contribution in [3.63, 3.8) is 0 Å². The molecule has 0 atom stereocenters. The van der Waals surface area contributed by atoms with E-state index in [0.717, 1.165) is 49.2 Å². The predicted octanol–water partition coefficient (Wildman–Crippen LogP) is 8.51. The first-order valence-electron chi connectivity index (χ1n) is 11.3. The van der Waals surface area contributed by atoms with Gasteiger partial charge >= 0.3 is 0 Å². The number of alkyl halides is 1. The zero-order valence-corrected chi connectivity index (χ0v) is 20.0. The lowest BCUT2D eigenvalue weighted by atomic mass is 10.1. The molecule has 3 aromatic rings. The Labute approximate surface area is 193 Å². The molecule has 0 amide bonds. The van der Waals surface area contributed by atoms with Crippen LogP contribution in [-0.4, -0.2) is 12.9 Å². The topological polar surface area (TPSA) is 3.24 Å². The number of benzene rings is 3. The van der Waals surface area contributed by atoms with Crippen LogP contribution in [0, 0.1) is 0 Å². The van der Waals surface area contributed by atoms with Crippen molar-refractivity contribution in [1.29, 1.82) is 0 Å². The normalized spacial score (nSPS) is 10.4. The van der Waals surface area contributed by atoms with E-state index in [1.165, 1.54) is 16.7 Å². The second-order valence-electron chi connectivity index (χ2n) is 7.63. The van der Waals surface area contributed by atoms with Crippen molar-refractivity contribution >= 4 is 29.7 Å². The van der Waals surface area contributed by atoms with Gasteiger partial charge in [-0.3, -0.25) is 4.39 Å². The van der Waals surface area contributed by atoms with E-state index in [-0.39, 0.29) is 6.67 Å². The summed E-state index contributed by atoms with van der Waals surface area (Å²) in [6.07, 6.45) is 7.59. The Morgan fingerprint density at radius 3 is 1.19 bits per heavy atom. The molecule has 31 heavy (non-hydrogen) atoms. The van der Waals surface area contributed by atoms with E-state index in [4.69, 9.17) is 0 Å². The molecule has 3 aromatic carbocycles. The lowest BCUT2D eigenvalue weighted by molar-refractivity contribution is 0.473. The molecule has 0 spiro atoms. The van der Waals surface area contributed by atoms with Gasteiger partial charge in [-0.2, -0.15) is 12.6 Å². The van der Waals surface area contributed by atoms with E-state index in [1.54, 1.807) is 6.26 Å². The molecule has 0 saturated heterocycles. The number of hydrogen-bond acceptors (Lipinski definition) is 2. The largest absolute Gasteiger partial charge is 0.311 e. The van der Waals surface area contributed by atoms with Gasteiger partial charge in [-0.25, -0.2) is 0 Å². The van der Waals surface area contributed by atoms with Gasteiger partial charge in [-0.1, -0.05) is 63.1 Å². The van der Waals surface area contributed by atoms with Crippen molar-refractivity contribution in [1.82, 2.24) is 0 Å². The van der Waals surface area contributed by atoms with Crippen LogP contribution in [0.2, 0.25) is 0 Å². The lowest BCUT2D eigenvalue weighted by Crippen LogP contribution is -2.10. The first-order chi connectivity index (χ1) is 15.2.